The van der Waals surface area contributed by atoms with Gasteiger partial charge in [0.15, 0.2) is 0 Å². The molecule has 0 saturated carbocycles. The highest BCUT2D eigenvalue weighted by Crippen LogP contribution is 2.34. The van der Waals surface area contributed by atoms with Crippen molar-refractivity contribution in [1.82, 2.24) is 20.2 Å². The smallest absolute Gasteiger partial charge is 0.252 e. The van der Waals surface area contributed by atoms with E-state index in [1.807, 2.05) is 53.4 Å². The third-order valence-corrected chi connectivity index (χ3v) is 5.56. The fraction of sp³-hybridized carbons (Fsp3) is 0.286. The molecule has 2 aromatic carbocycles. The monoisotopic (exact) mass is 360 g/mol. The van der Waals surface area contributed by atoms with Gasteiger partial charge in [-0.25, -0.2) is 4.98 Å². The summed E-state index contributed by atoms with van der Waals surface area (Å²) in [6, 6.07) is 15.1. The van der Waals surface area contributed by atoms with Crippen molar-refractivity contribution in [3.8, 4) is 0 Å². The number of hydrogen-bond donors (Lipinski definition) is 2. The molecule has 6 heteroatoms. The molecular formula is C21H20N4O2. The van der Waals surface area contributed by atoms with E-state index in [1.54, 1.807) is 0 Å². The van der Waals surface area contributed by atoms with Crippen LogP contribution in [0.3, 0.4) is 0 Å². The Hall–Kier alpha value is -3.15. The van der Waals surface area contributed by atoms with E-state index in [1.165, 1.54) is 0 Å². The molecule has 2 N–H and O–H groups in total. The minimum atomic E-state index is -0.252. The SMILES string of the molecule is O=C1N[C@H](CC(=O)N2CCC[C@H]2c2nc3ccccc3[nH]2)c2ccccc21. The van der Waals surface area contributed by atoms with Gasteiger partial charge in [-0.2, -0.15) is 0 Å². The van der Waals surface area contributed by atoms with Crippen LogP contribution < -0.4 is 5.32 Å². The maximum Gasteiger partial charge on any atom is 0.252 e. The summed E-state index contributed by atoms with van der Waals surface area (Å²) in [5, 5.41) is 2.94. The molecule has 0 bridgehead atoms. The Balaban J connectivity index is 1.37. The molecule has 0 spiro atoms. The first-order chi connectivity index (χ1) is 13.2. The average molecular weight is 360 g/mol. The van der Waals surface area contributed by atoms with Crippen LogP contribution in [-0.2, 0) is 4.79 Å². The zero-order valence-corrected chi connectivity index (χ0v) is 14.8. The van der Waals surface area contributed by atoms with Crippen molar-refractivity contribution in [2.24, 2.45) is 0 Å². The number of H-pyrrole nitrogens is 1. The summed E-state index contributed by atoms with van der Waals surface area (Å²) in [7, 11) is 0. The standard InChI is InChI=1S/C21H20N4O2/c26-19(12-17-13-6-1-2-7-14(13)21(27)24-17)25-11-5-10-18(25)20-22-15-8-3-4-9-16(15)23-20/h1-4,6-9,17-18H,5,10-12H2,(H,22,23)(H,24,27)/t17-,18+/m1/s1. The number of para-hydroxylation sites is 2. The molecular weight excluding hydrogens is 340 g/mol. The Bertz CT molecular complexity index is 1010. The van der Waals surface area contributed by atoms with Gasteiger partial charge in [0.1, 0.15) is 5.82 Å². The summed E-state index contributed by atoms with van der Waals surface area (Å²) in [4.78, 5) is 35.1. The van der Waals surface area contributed by atoms with Crippen LogP contribution in [0.4, 0.5) is 0 Å². The van der Waals surface area contributed by atoms with E-state index in [9.17, 15) is 9.59 Å². The van der Waals surface area contributed by atoms with E-state index in [0.29, 0.717) is 5.56 Å². The van der Waals surface area contributed by atoms with Gasteiger partial charge in [0.05, 0.1) is 29.5 Å². The second-order valence-corrected chi connectivity index (χ2v) is 7.20. The quantitative estimate of drug-likeness (QED) is 0.753. The molecule has 3 aromatic rings. The summed E-state index contributed by atoms with van der Waals surface area (Å²) in [5.41, 5.74) is 3.49. The number of imidazole rings is 1. The topological polar surface area (TPSA) is 78.1 Å². The number of carbonyl (C=O) groups excluding carboxylic acids is 2. The second kappa shape index (κ2) is 6.23. The molecule has 2 aliphatic rings. The van der Waals surface area contributed by atoms with Crippen LogP contribution in [-0.4, -0.2) is 33.2 Å². The van der Waals surface area contributed by atoms with E-state index in [4.69, 9.17) is 0 Å². The number of fused-ring (bicyclic) bond motifs is 2. The number of nitrogens with zero attached hydrogens (tertiary/aromatic N) is 2. The average Bonchev–Trinajstić information content (AvgIpc) is 3.39. The Morgan fingerprint density at radius 1 is 1.15 bits per heavy atom. The van der Waals surface area contributed by atoms with Gasteiger partial charge in [-0.1, -0.05) is 30.3 Å². The van der Waals surface area contributed by atoms with Crippen molar-refractivity contribution < 1.29 is 9.59 Å². The molecule has 2 amide bonds. The van der Waals surface area contributed by atoms with E-state index in [2.05, 4.69) is 15.3 Å². The minimum absolute atomic E-state index is 0.0303. The van der Waals surface area contributed by atoms with Gasteiger partial charge < -0.3 is 15.2 Å². The number of aromatic nitrogens is 2. The van der Waals surface area contributed by atoms with Gasteiger partial charge in [0.25, 0.3) is 5.91 Å². The molecule has 5 rings (SSSR count). The maximum atomic E-state index is 13.0. The number of hydrogen-bond acceptors (Lipinski definition) is 3. The number of likely N-dealkylation sites (tertiary alicyclic amines) is 1. The Labute approximate surface area is 156 Å². The summed E-state index contributed by atoms with van der Waals surface area (Å²) >= 11 is 0. The van der Waals surface area contributed by atoms with Gasteiger partial charge in [0, 0.05) is 12.1 Å². The summed E-state index contributed by atoms with van der Waals surface area (Å²) in [6.45, 7) is 0.725. The van der Waals surface area contributed by atoms with Gasteiger partial charge in [0.2, 0.25) is 5.91 Å². The predicted molar refractivity (Wildman–Crippen MR) is 101 cm³/mol. The number of rotatable bonds is 3. The first kappa shape index (κ1) is 16.1. The molecule has 3 heterocycles. The Morgan fingerprint density at radius 2 is 1.96 bits per heavy atom. The van der Waals surface area contributed by atoms with Gasteiger partial charge >= 0.3 is 0 Å². The van der Waals surface area contributed by atoms with Crippen molar-refractivity contribution >= 4 is 22.8 Å². The second-order valence-electron chi connectivity index (χ2n) is 7.20. The van der Waals surface area contributed by atoms with Crippen LogP contribution in [0.5, 0.6) is 0 Å². The lowest BCUT2D eigenvalue weighted by atomic mass is 10.0. The van der Waals surface area contributed by atoms with E-state index >= 15 is 0 Å². The maximum absolute atomic E-state index is 13.0. The third-order valence-electron chi connectivity index (χ3n) is 5.56. The fourth-order valence-electron chi connectivity index (χ4n) is 4.25. The molecule has 0 radical (unpaired) electrons. The third kappa shape index (κ3) is 2.68. The normalized spacial score (nSPS) is 21.5. The lowest BCUT2D eigenvalue weighted by Crippen LogP contribution is -2.34. The number of carbonyl (C=O) groups is 2. The lowest BCUT2D eigenvalue weighted by molar-refractivity contribution is -0.132. The highest BCUT2D eigenvalue weighted by Gasteiger charge is 2.36. The van der Waals surface area contributed by atoms with Crippen molar-refractivity contribution in [3.63, 3.8) is 0 Å². The van der Waals surface area contributed by atoms with Crippen molar-refractivity contribution in [1.29, 1.82) is 0 Å². The molecule has 6 nitrogen and oxygen atoms in total. The van der Waals surface area contributed by atoms with Crippen molar-refractivity contribution in [3.05, 3.63) is 65.5 Å². The minimum Gasteiger partial charge on any atom is -0.345 e. The first-order valence-electron chi connectivity index (χ1n) is 9.34. The summed E-state index contributed by atoms with van der Waals surface area (Å²) in [5.74, 6) is 0.802. The van der Waals surface area contributed by atoms with Gasteiger partial charge in [-0.15, -0.1) is 0 Å². The van der Waals surface area contributed by atoms with Crippen LogP contribution in [0.1, 0.15) is 53.1 Å². The number of nitrogens with one attached hydrogen (secondary N) is 2. The molecule has 2 aliphatic heterocycles. The largest absolute Gasteiger partial charge is 0.345 e. The zero-order valence-electron chi connectivity index (χ0n) is 14.8. The van der Waals surface area contributed by atoms with E-state index in [-0.39, 0.29) is 30.3 Å². The number of amides is 2. The fourth-order valence-corrected chi connectivity index (χ4v) is 4.25. The zero-order chi connectivity index (χ0) is 18.4. The Kier molecular flexibility index (Phi) is 3.70. The molecule has 2 atom stereocenters. The van der Waals surface area contributed by atoms with Crippen LogP contribution in [0.15, 0.2) is 48.5 Å². The molecule has 1 aromatic heterocycles. The molecule has 0 unspecified atom stereocenters. The predicted octanol–water partition coefficient (Wildman–Crippen LogP) is 3.10. The van der Waals surface area contributed by atoms with Gasteiger partial charge in [-0.05, 0) is 36.6 Å². The first-order valence-corrected chi connectivity index (χ1v) is 9.34. The van der Waals surface area contributed by atoms with Gasteiger partial charge in [-0.3, -0.25) is 9.59 Å². The summed E-state index contributed by atoms with van der Waals surface area (Å²) in [6.07, 6.45) is 2.14. The van der Waals surface area contributed by atoms with Crippen LogP contribution in [0.2, 0.25) is 0 Å². The number of benzene rings is 2. The van der Waals surface area contributed by atoms with Crippen LogP contribution in [0, 0.1) is 0 Å². The molecule has 0 aliphatic carbocycles. The molecule has 136 valence electrons. The lowest BCUT2D eigenvalue weighted by Gasteiger charge is -2.25. The van der Waals surface area contributed by atoms with E-state index < -0.39 is 0 Å². The van der Waals surface area contributed by atoms with Crippen molar-refractivity contribution in [2.75, 3.05) is 6.54 Å². The molecule has 1 fully saturated rings. The molecule has 27 heavy (non-hydrogen) atoms. The highest BCUT2D eigenvalue weighted by atomic mass is 16.2. The highest BCUT2D eigenvalue weighted by molar-refractivity contribution is 5.99. The number of aromatic amines is 1. The van der Waals surface area contributed by atoms with Crippen molar-refractivity contribution in [2.45, 2.75) is 31.3 Å². The van der Waals surface area contributed by atoms with E-state index in [0.717, 1.165) is 41.8 Å². The molecule has 1 saturated heterocycles. The van der Waals surface area contributed by atoms with Crippen LogP contribution >= 0.6 is 0 Å². The van der Waals surface area contributed by atoms with Crippen LogP contribution in [0.25, 0.3) is 11.0 Å². The summed E-state index contributed by atoms with van der Waals surface area (Å²) < 4.78 is 0. The Morgan fingerprint density at radius 3 is 2.85 bits per heavy atom.